The Labute approximate surface area is 139 Å². The quantitative estimate of drug-likeness (QED) is 0.808. The molecule has 0 radical (unpaired) electrons. The predicted molar refractivity (Wildman–Crippen MR) is 88.1 cm³/mol. The molecule has 6 nitrogen and oxygen atoms in total. The first-order valence-electron chi connectivity index (χ1n) is 6.51. The standard InChI is InChI=1S/C13H14Br2N6/c1-2-20-12(15)11(7-16-20)13-17-18-19-21(13)8-9-3-5-10(14)6-4-9/h3-7,18-19H,2,8H2,1H3. The van der Waals surface area contributed by atoms with Gasteiger partial charge in [0.15, 0.2) is 5.84 Å². The van der Waals surface area contributed by atoms with Crippen molar-refractivity contribution in [2.24, 2.45) is 5.10 Å². The van der Waals surface area contributed by atoms with Gasteiger partial charge < -0.3 is 0 Å². The van der Waals surface area contributed by atoms with E-state index in [1.54, 1.807) is 0 Å². The fourth-order valence-electron chi connectivity index (χ4n) is 2.08. The molecule has 1 aliphatic heterocycles. The Morgan fingerprint density at radius 3 is 2.62 bits per heavy atom. The van der Waals surface area contributed by atoms with E-state index in [-0.39, 0.29) is 0 Å². The average Bonchev–Trinajstić information content (AvgIpc) is 3.07. The molecule has 0 fully saturated rings. The molecule has 110 valence electrons. The predicted octanol–water partition coefficient (Wildman–Crippen LogP) is 2.61. The van der Waals surface area contributed by atoms with E-state index in [9.17, 15) is 0 Å². The summed E-state index contributed by atoms with van der Waals surface area (Å²) in [6.45, 7) is 3.55. The van der Waals surface area contributed by atoms with Crippen molar-refractivity contribution in [2.75, 3.05) is 0 Å². The zero-order valence-electron chi connectivity index (χ0n) is 11.3. The summed E-state index contributed by atoms with van der Waals surface area (Å²) in [5, 5.41) is 10.6. The number of hydrazone groups is 1. The van der Waals surface area contributed by atoms with E-state index >= 15 is 0 Å². The van der Waals surface area contributed by atoms with Crippen molar-refractivity contribution in [3.8, 4) is 0 Å². The maximum absolute atomic E-state index is 4.33. The highest BCUT2D eigenvalue weighted by Gasteiger charge is 2.23. The lowest BCUT2D eigenvalue weighted by molar-refractivity contribution is 0.288. The van der Waals surface area contributed by atoms with Crippen LogP contribution in [-0.2, 0) is 13.1 Å². The number of hydrogen-bond donors (Lipinski definition) is 2. The summed E-state index contributed by atoms with van der Waals surface area (Å²) < 4.78 is 3.88. The van der Waals surface area contributed by atoms with E-state index in [4.69, 9.17) is 0 Å². The van der Waals surface area contributed by atoms with Gasteiger partial charge in [-0.15, -0.1) is 10.6 Å². The Hall–Kier alpha value is -1.38. The number of nitrogens with one attached hydrogen (secondary N) is 2. The molecule has 0 amide bonds. The SMILES string of the molecule is CCn1ncc(C2=NNNN2Cc2ccc(Br)cc2)c1Br. The van der Waals surface area contributed by atoms with Gasteiger partial charge in [-0.05, 0) is 40.5 Å². The molecule has 1 aromatic carbocycles. The monoisotopic (exact) mass is 412 g/mol. The lowest BCUT2D eigenvalue weighted by atomic mass is 10.2. The van der Waals surface area contributed by atoms with Crippen molar-refractivity contribution in [2.45, 2.75) is 20.0 Å². The molecule has 21 heavy (non-hydrogen) atoms. The molecule has 3 rings (SSSR count). The molecule has 1 aliphatic rings. The summed E-state index contributed by atoms with van der Waals surface area (Å²) in [5.74, 6) is 0.810. The van der Waals surface area contributed by atoms with Crippen LogP contribution in [0.2, 0.25) is 0 Å². The van der Waals surface area contributed by atoms with E-state index in [0.717, 1.165) is 27.0 Å². The van der Waals surface area contributed by atoms with Crippen molar-refractivity contribution >= 4 is 37.7 Å². The smallest absolute Gasteiger partial charge is 0.177 e. The average molecular weight is 414 g/mol. The van der Waals surface area contributed by atoms with E-state index < -0.39 is 0 Å². The summed E-state index contributed by atoms with van der Waals surface area (Å²) in [7, 11) is 0. The van der Waals surface area contributed by atoms with E-state index in [1.165, 1.54) is 5.56 Å². The van der Waals surface area contributed by atoms with Crippen molar-refractivity contribution in [1.82, 2.24) is 25.9 Å². The van der Waals surface area contributed by atoms with Crippen LogP contribution in [0.3, 0.4) is 0 Å². The molecule has 0 saturated heterocycles. The maximum Gasteiger partial charge on any atom is 0.177 e. The normalized spacial score (nSPS) is 14.2. The highest BCUT2D eigenvalue weighted by molar-refractivity contribution is 9.10. The highest BCUT2D eigenvalue weighted by atomic mass is 79.9. The zero-order valence-corrected chi connectivity index (χ0v) is 14.5. The highest BCUT2D eigenvalue weighted by Crippen LogP contribution is 2.20. The minimum atomic E-state index is 0.697. The van der Waals surface area contributed by atoms with Crippen LogP contribution in [0.5, 0.6) is 0 Å². The molecule has 0 aliphatic carbocycles. The minimum Gasteiger partial charge on any atom is -0.266 e. The van der Waals surface area contributed by atoms with Gasteiger partial charge in [0.05, 0.1) is 18.3 Å². The van der Waals surface area contributed by atoms with Crippen LogP contribution in [0.1, 0.15) is 18.1 Å². The van der Waals surface area contributed by atoms with Gasteiger partial charge in [0.1, 0.15) is 4.60 Å². The second-order valence-electron chi connectivity index (χ2n) is 4.54. The Morgan fingerprint density at radius 1 is 1.19 bits per heavy atom. The van der Waals surface area contributed by atoms with E-state index in [2.05, 4.69) is 65.3 Å². The van der Waals surface area contributed by atoms with Gasteiger partial charge in [-0.1, -0.05) is 28.1 Å². The number of benzene rings is 1. The van der Waals surface area contributed by atoms with Crippen molar-refractivity contribution in [3.05, 3.63) is 50.7 Å². The lowest BCUT2D eigenvalue weighted by Crippen LogP contribution is -2.40. The Morgan fingerprint density at radius 2 is 1.95 bits per heavy atom. The van der Waals surface area contributed by atoms with Crippen LogP contribution in [0.15, 0.2) is 44.6 Å². The molecule has 0 saturated carbocycles. The van der Waals surface area contributed by atoms with Gasteiger partial charge in [0.25, 0.3) is 0 Å². The zero-order chi connectivity index (χ0) is 14.8. The van der Waals surface area contributed by atoms with Gasteiger partial charge in [-0.2, -0.15) is 5.10 Å². The van der Waals surface area contributed by atoms with Crippen molar-refractivity contribution in [1.29, 1.82) is 0 Å². The van der Waals surface area contributed by atoms with Gasteiger partial charge in [-0.3, -0.25) is 9.69 Å². The number of aryl methyl sites for hydroxylation is 1. The molecular weight excluding hydrogens is 400 g/mol. The first-order chi connectivity index (χ1) is 10.2. The molecular formula is C13H14Br2N6. The first kappa shape index (κ1) is 14.6. The molecule has 2 N–H and O–H groups in total. The van der Waals surface area contributed by atoms with Crippen LogP contribution >= 0.6 is 31.9 Å². The van der Waals surface area contributed by atoms with Crippen LogP contribution in [0.25, 0.3) is 0 Å². The van der Waals surface area contributed by atoms with Crippen molar-refractivity contribution in [3.63, 3.8) is 0 Å². The number of halogens is 2. The lowest BCUT2D eigenvalue weighted by Gasteiger charge is -2.18. The van der Waals surface area contributed by atoms with Gasteiger partial charge >= 0.3 is 0 Å². The third-order valence-corrected chi connectivity index (χ3v) is 4.54. The molecule has 8 heteroatoms. The summed E-state index contributed by atoms with van der Waals surface area (Å²) in [6.07, 6.45) is 1.82. The second-order valence-corrected chi connectivity index (χ2v) is 6.20. The summed E-state index contributed by atoms with van der Waals surface area (Å²) >= 11 is 7.02. The summed E-state index contributed by atoms with van der Waals surface area (Å²) in [5.41, 5.74) is 7.97. The Kier molecular flexibility index (Phi) is 4.27. The van der Waals surface area contributed by atoms with Crippen LogP contribution in [-0.4, -0.2) is 20.6 Å². The molecule has 0 atom stereocenters. The van der Waals surface area contributed by atoms with Crippen LogP contribution in [0, 0.1) is 0 Å². The van der Waals surface area contributed by atoms with Crippen molar-refractivity contribution < 1.29 is 0 Å². The second kappa shape index (κ2) is 6.17. The first-order valence-corrected chi connectivity index (χ1v) is 8.09. The minimum absolute atomic E-state index is 0.697. The van der Waals surface area contributed by atoms with E-state index in [1.807, 2.05) is 34.9 Å². The molecule has 2 aromatic rings. The van der Waals surface area contributed by atoms with E-state index in [0.29, 0.717) is 6.54 Å². The number of nitrogens with zero attached hydrogens (tertiary/aromatic N) is 4. The number of hydrazine groups is 2. The molecule has 0 unspecified atom stereocenters. The summed E-state index contributed by atoms with van der Waals surface area (Å²) in [4.78, 5) is 0. The van der Waals surface area contributed by atoms with Crippen LogP contribution in [0.4, 0.5) is 0 Å². The largest absolute Gasteiger partial charge is 0.266 e. The molecule has 2 heterocycles. The number of amidine groups is 1. The summed E-state index contributed by atoms with van der Waals surface area (Å²) in [6, 6.07) is 8.21. The molecule has 0 spiro atoms. The number of hydrogen-bond acceptors (Lipinski definition) is 5. The molecule has 0 bridgehead atoms. The van der Waals surface area contributed by atoms with Gasteiger partial charge in [-0.25, -0.2) is 5.53 Å². The molecule has 1 aromatic heterocycles. The Balaban J connectivity index is 1.82. The fourth-order valence-corrected chi connectivity index (χ4v) is 2.97. The Bertz CT molecular complexity index is 664. The maximum atomic E-state index is 4.33. The fraction of sp³-hybridized carbons (Fsp3) is 0.231. The number of rotatable bonds is 4. The third kappa shape index (κ3) is 2.97. The topological polar surface area (TPSA) is 57.5 Å². The van der Waals surface area contributed by atoms with Gasteiger partial charge in [0, 0.05) is 11.0 Å². The van der Waals surface area contributed by atoms with Crippen LogP contribution < -0.4 is 11.1 Å². The number of aromatic nitrogens is 2. The third-order valence-electron chi connectivity index (χ3n) is 3.17. The van der Waals surface area contributed by atoms with Gasteiger partial charge in [0.2, 0.25) is 0 Å².